The third kappa shape index (κ3) is 8.78. The fourth-order valence-corrected chi connectivity index (χ4v) is 5.11. The van der Waals surface area contributed by atoms with Crippen LogP contribution in [0.4, 0.5) is 5.69 Å². The van der Waals surface area contributed by atoms with Gasteiger partial charge in [0, 0.05) is 36.7 Å². The number of para-hydroxylation sites is 1. The van der Waals surface area contributed by atoms with Crippen LogP contribution in [0.15, 0.2) is 64.0 Å². The number of aromatic nitrogens is 1. The highest BCUT2D eigenvalue weighted by atomic mass is 16.3. The van der Waals surface area contributed by atoms with Crippen molar-refractivity contribution in [2.75, 3.05) is 12.4 Å². The van der Waals surface area contributed by atoms with Gasteiger partial charge in [0.1, 0.15) is 23.9 Å². The van der Waals surface area contributed by atoms with Crippen LogP contribution in [0.25, 0.3) is 11.0 Å². The van der Waals surface area contributed by atoms with Gasteiger partial charge in [-0.15, -0.1) is 0 Å². The van der Waals surface area contributed by atoms with Gasteiger partial charge >= 0.3 is 0 Å². The molecule has 0 aliphatic heterocycles. The molecule has 3 atom stereocenters. The molecule has 0 fully saturated rings. The summed E-state index contributed by atoms with van der Waals surface area (Å²) in [5.74, 6) is -3.31. The zero-order valence-corrected chi connectivity index (χ0v) is 26.3. The minimum absolute atomic E-state index is 0.00942. The predicted octanol–water partition coefficient (Wildman–Crippen LogP) is 3.23. The van der Waals surface area contributed by atoms with Crippen LogP contribution in [0.5, 0.6) is 0 Å². The summed E-state index contributed by atoms with van der Waals surface area (Å²) in [5, 5.41) is 11.0. The zero-order valence-electron chi connectivity index (χ0n) is 26.3. The first-order valence-electron chi connectivity index (χ1n) is 15.0. The van der Waals surface area contributed by atoms with Gasteiger partial charge in [0.05, 0.1) is 0 Å². The van der Waals surface area contributed by atoms with Crippen LogP contribution < -0.4 is 26.8 Å². The first kappa shape index (κ1) is 34.5. The summed E-state index contributed by atoms with van der Waals surface area (Å²) in [6.07, 6.45) is 6.41. The van der Waals surface area contributed by atoms with E-state index in [0.717, 1.165) is 11.8 Å². The molecule has 0 radical (unpaired) electrons. The van der Waals surface area contributed by atoms with Crippen molar-refractivity contribution in [3.63, 3.8) is 0 Å². The van der Waals surface area contributed by atoms with Gasteiger partial charge in [0.2, 0.25) is 17.6 Å². The number of pyridine rings is 1. The van der Waals surface area contributed by atoms with Crippen molar-refractivity contribution < 1.29 is 28.4 Å². The van der Waals surface area contributed by atoms with Crippen molar-refractivity contribution in [2.45, 2.75) is 72.0 Å². The Kier molecular flexibility index (Phi) is 12.4. The van der Waals surface area contributed by atoms with Crippen molar-refractivity contribution in [1.29, 1.82) is 0 Å². The summed E-state index contributed by atoms with van der Waals surface area (Å²) >= 11 is 0. The van der Waals surface area contributed by atoms with Crippen LogP contribution in [0.2, 0.25) is 0 Å². The molecule has 12 nitrogen and oxygen atoms in total. The third-order valence-electron chi connectivity index (χ3n) is 7.62. The van der Waals surface area contributed by atoms with Gasteiger partial charge in [0.25, 0.3) is 17.4 Å². The molecule has 0 saturated carbocycles. The standard InChI is InChI=1S/C33H41N5O7/c1-6-12-21(7-2)23(8-3)35-28(40)19-38-18-11-14-25(33(38)44)37-30(41)24(16-17-26(39)31(42)34-5)36-32(43)29-20(4)22-13-9-10-15-27(22)45-29/h6,9-15,18,21,23-24H,7-8,16-17,19H2,1-5H3,(H,34,42)(H,35,40)(H,36,43)(H,37,41)/b12-6-/t21?,23?,24-/m0/s1. The number of nitrogens with one attached hydrogen (secondary N) is 4. The number of anilines is 1. The van der Waals surface area contributed by atoms with Crippen molar-refractivity contribution >= 4 is 46.1 Å². The van der Waals surface area contributed by atoms with Crippen molar-refractivity contribution in [1.82, 2.24) is 20.5 Å². The first-order valence-corrected chi connectivity index (χ1v) is 15.0. The predicted molar refractivity (Wildman–Crippen MR) is 171 cm³/mol. The summed E-state index contributed by atoms with van der Waals surface area (Å²) < 4.78 is 6.89. The van der Waals surface area contributed by atoms with Gasteiger partial charge in [-0.1, -0.05) is 44.2 Å². The van der Waals surface area contributed by atoms with Gasteiger partial charge in [0.15, 0.2) is 5.76 Å². The lowest BCUT2D eigenvalue weighted by molar-refractivity contribution is -0.137. The van der Waals surface area contributed by atoms with Crippen LogP contribution in [-0.2, 0) is 25.7 Å². The van der Waals surface area contributed by atoms with Crippen molar-refractivity contribution in [3.05, 3.63) is 76.4 Å². The Morgan fingerprint density at radius 3 is 2.38 bits per heavy atom. The average molecular weight is 620 g/mol. The molecular weight excluding hydrogens is 578 g/mol. The van der Waals surface area contributed by atoms with Gasteiger partial charge in [-0.3, -0.25) is 28.8 Å². The lowest BCUT2D eigenvalue weighted by Gasteiger charge is -2.24. The number of carbonyl (C=O) groups excluding carboxylic acids is 5. The number of hydrogen-bond donors (Lipinski definition) is 4. The Hall–Kier alpha value is -5.00. The summed E-state index contributed by atoms with van der Waals surface area (Å²) in [5.41, 5.74) is 0.296. The Bertz CT molecular complexity index is 1640. The van der Waals surface area contributed by atoms with Crippen molar-refractivity contribution in [3.8, 4) is 0 Å². The number of benzene rings is 1. The van der Waals surface area contributed by atoms with Crippen LogP contribution >= 0.6 is 0 Å². The van der Waals surface area contributed by atoms with E-state index in [0.29, 0.717) is 17.6 Å². The molecule has 0 bridgehead atoms. The van der Waals surface area contributed by atoms with Crippen LogP contribution in [0.1, 0.15) is 62.6 Å². The summed E-state index contributed by atoms with van der Waals surface area (Å²) in [6.45, 7) is 7.38. The highest BCUT2D eigenvalue weighted by Crippen LogP contribution is 2.25. The minimum atomic E-state index is -1.31. The number of furan rings is 1. The Balaban J connectivity index is 1.80. The van der Waals surface area contributed by atoms with E-state index in [-0.39, 0.29) is 48.7 Å². The van der Waals surface area contributed by atoms with E-state index in [2.05, 4.69) is 21.3 Å². The van der Waals surface area contributed by atoms with Gasteiger partial charge in [-0.25, -0.2) is 0 Å². The summed E-state index contributed by atoms with van der Waals surface area (Å²) in [4.78, 5) is 76.8. The number of carbonyl (C=O) groups is 5. The molecule has 3 aromatic rings. The molecule has 0 spiro atoms. The number of nitrogens with zero attached hydrogens (tertiary/aromatic N) is 1. The maximum atomic E-state index is 13.4. The van der Waals surface area contributed by atoms with E-state index in [4.69, 9.17) is 4.42 Å². The Labute approximate surface area is 261 Å². The lowest BCUT2D eigenvalue weighted by Crippen LogP contribution is -2.45. The highest BCUT2D eigenvalue weighted by Gasteiger charge is 2.27. The molecule has 240 valence electrons. The second-order valence-corrected chi connectivity index (χ2v) is 10.6. The van der Waals surface area contributed by atoms with E-state index in [1.807, 2.05) is 32.9 Å². The third-order valence-corrected chi connectivity index (χ3v) is 7.62. The number of likely N-dealkylation sites (N-methyl/N-ethyl adjacent to an activating group) is 1. The molecule has 0 aliphatic carbocycles. The number of Topliss-reactive ketones (excluding diaryl/α,β-unsaturated/α-hetero) is 1. The first-order chi connectivity index (χ1) is 21.5. The second-order valence-electron chi connectivity index (χ2n) is 10.6. The summed E-state index contributed by atoms with van der Waals surface area (Å²) in [7, 11) is 1.31. The molecule has 4 amide bonds. The minimum Gasteiger partial charge on any atom is -0.451 e. The maximum absolute atomic E-state index is 13.4. The smallest absolute Gasteiger partial charge is 0.287 e. The monoisotopic (exact) mass is 619 g/mol. The number of amides is 4. The molecule has 1 aromatic carbocycles. The van der Waals surface area contributed by atoms with Crippen LogP contribution in [0.3, 0.4) is 0 Å². The largest absolute Gasteiger partial charge is 0.451 e. The van der Waals surface area contributed by atoms with Crippen LogP contribution in [-0.4, -0.2) is 53.1 Å². The molecule has 4 N–H and O–H groups in total. The lowest BCUT2D eigenvalue weighted by atomic mass is 9.94. The summed E-state index contributed by atoms with van der Waals surface area (Å²) in [6, 6.07) is 8.54. The SMILES string of the molecule is C/C=C\C(CC)C(CC)NC(=O)Cn1cccc(NC(=O)[C@H](CCC(=O)C(=O)NC)NC(=O)c2oc3ccccc3c2C)c1=O. The topological polar surface area (TPSA) is 169 Å². The van der Waals surface area contributed by atoms with Crippen LogP contribution in [0, 0.1) is 12.8 Å². The molecule has 2 unspecified atom stereocenters. The molecule has 2 aromatic heterocycles. The van der Waals surface area contributed by atoms with Gasteiger partial charge in [-0.2, -0.15) is 0 Å². The fourth-order valence-electron chi connectivity index (χ4n) is 5.11. The average Bonchev–Trinajstić information content (AvgIpc) is 3.38. The molecule has 45 heavy (non-hydrogen) atoms. The quantitative estimate of drug-likeness (QED) is 0.150. The van der Waals surface area contributed by atoms with Gasteiger partial charge in [-0.05, 0) is 57.2 Å². The molecule has 2 heterocycles. The van der Waals surface area contributed by atoms with E-state index in [1.165, 1.54) is 29.9 Å². The normalized spacial score (nSPS) is 13.2. The molecular formula is C33H41N5O7. The molecule has 0 saturated heterocycles. The van der Waals surface area contributed by atoms with Gasteiger partial charge < -0.3 is 30.3 Å². The Morgan fingerprint density at radius 1 is 1.00 bits per heavy atom. The van der Waals surface area contributed by atoms with Crippen molar-refractivity contribution in [2.24, 2.45) is 5.92 Å². The maximum Gasteiger partial charge on any atom is 0.287 e. The number of aryl methyl sites for hydroxylation is 1. The highest BCUT2D eigenvalue weighted by molar-refractivity contribution is 6.36. The fraction of sp³-hybridized carbons (Fsp3) is 0.394. The molecule has 12 heteroatoms. The molecule has 0 aliphatic rings. The van der Waals surface area contributed by atoms with E-state index in [1.54, 1.807) is 31.2 Å². The number of ketones is 1. The van der Waals surface area contributed by atoms with E-state index >= 15 is 0 Å². The van der Waals surface area contributed by atoms with E-state index in [9.17, 15) is 28.8 Å². The second kappa shape index (κ2) is 16.2. The number of hydrogen-bond acceptors (Lipinski definition) is 7. The zero-order chi connectivity index (χ0) is 33.1. The number of rotatable bonds is 15. The Morgan fingerprint density at radius 2 is 1.73 bits per heavy atom. The van der Waals surface area contributed by atoms with E-state index < -0.39 is 35.1 Å². The number of fused-ring (bicyclic) bond motifs is 1. The molecule has 3 rings (SSSR count). The number of allylic oxidation sites excluding steroid dienone is 1.